The van der Waals surface area contributed by atoms with Crippen LogP contribution in [0.15, 0.2) is 84.1 Å². The number of hydrogen-bond acceptors (Lipinski definition) is 13. The molecule has 1 saturated heterocycles. The molecule has 3 aliphatic heterocycles. The molecule has 0 bridgehead atoms. The van der Waals surface area contributed by atoms with E-state index < -0.39 is 47.7 Å². The largest absolute Gasteiger partial charge is 0.492 e. The van der Waals surface area contributed by atoms with E-state index in [0.29, 0.717) is 54.6 Å². The van der Waals surface area contributed by atoms with Crippen LogP contribution in [-0.2, 0) is 39.4 Å². The number of benzene rings is 2. The minimum absolute atomic E-state index is 0.00505. The van der Waals surface area contributed by atoms with Crippen molar-refractivity contribution in [3.8, 4) is 11.8 Å². The number of Topliss-reactive ketones (excluding diaryl/α,β-unsaturated/α-hetero) is 1. The van der Waals surface area contributed by atoms with Crippen LogP contribution in [0.2, 0.25) is 0 Å². The van der Waals surface area contributed by atoms with Crippen molar-refractivity contribution in [3.63, 3.8) is 0 Å². The van der Waals surface area contributed by atoms with E-state index in [1.165, 1.54) is 17.7 Å². The lowest BCUT2D eigenvalue weighted by atomic mass is 9.68. The molecular weight excluding hydrogens is 817 g/mol. The molecule has 330 valence electrons. The van der Waals surface area contributed by atoms with E-state index in [1.54, 1.807) is 0 Å². The molecule has 4 aliphatic rings. The van der Waals surface area contributed by atoms with E-state index in [2.05, 4.69) is 92.4 Å². The maximum absolute atomic E-state index is 14.6. The van der Waals surface area contributed by atoms with Gasteiger partial charge in [0.15, 0.2) is 11.5 Å². The summed E-state index contributed by atoms with van der Waals surface area (Å²) < 4.78 is 7.33. The smallest absolute Gasteiger partial charge is 0.333 e. The first kappa shape index (κ1) is 44.6. The van der Waals surface area contributed by atoms with Crippen molar-refractivity contribution in [1.29, 1.82) is 0 Å². The first-order valence-electron chi connectivity index (χ1n) is 20.8. The summed E-state index contributed by atoms with van der Waals surface area (Å²) in [6, 6.07) is 16.6. The number of aromatic nitrogens is 1. The van der Waals surface area contributed by atoms with E-state index in [9.17, 15) is 29.4 Å². The number of allylic oxidation sites excluding steroid dienone is 2. The van der Waals surface area contributed by atoms with Crippen molar-refractivity contribution < 1.29 is 53.4 Å². The normalized spacial score (nSPS) is 23.0. The second-order valence-electron chi connectivity index (χ2n) is 17.2. The predicted molar refractivity (Wildman–Crippen MR) is 232 cm³/mol. The van der Waals surface area contributed by atoms with Crippen LogP contribution in [0.25, 0.3) is 0 Å². The molecule has 1 aliphatic carbocycles. The predicted octanol–water partition coefficient (Wildman–Crippen LogP) is 4.67. The number of unbranched alkanes of at least 4 members (excludes halogenated alkanes) is 1. The number of amides is 2. The number of rotatable bonds is 16. The van der Waals surface area contributed by atoms with Gasteiger partial charge in [-0.2, -0.15) is 4.58 Å². The van der Waals surface area contributed by atoms with Gasteiger partial charge in [0, 0.05) is 84.3 Å². The van der Waals surface area contributed by atoms with Crippen LogP contribution in [0.5, 0.6) is 11.8 Å². The van der Waals surface area contributed by atoms with Crippen LogP contribution >= 0.6 is 12.0 Å². The number of ketones is 1. The Bertz CT molecular complexity index is 2320. The molecule has 1 saturated carbocycles. The lowest BCUT2D eigenvalue weighted by Gasteiger charge is -2.45. The van der Waals surface area contributed by atoms with Crippen LogP contribution in [0.1, 0.15) is 70.9 Å². The van der Waals surface area contributed by atoms with Gasteiger partial charge in [-0.1, -0.05) is 61.4 Å². The molecule has 5 N–H and O–H groups in total. The van der Waals surface area contributed by atoms with Gasteiger partial charge in [-0.25, -0.2) is 10.1 Å². The molecule has 3 aromatic rings. The van der Waals surface area contributed by atoms with E-state index in [1.807, 2.05) is 44.4 Å². The lowest BCUT2D eigenvalue weighted by Crippen LogP contribution is -2.61. The Morgan fingerprint density at radius 1 is 0.984 bits per heavy atom. The number of hydrogen-bond donors (Lipinski definition) is 5. The topological polar surface area (TPSA) is 195 Å². The van der Waals surface area contributed by atoms with Crippen molar-refractivity contribution in [2.45, 2.75) is 88.8 Å². The first-order valence-corrected chi connectivity index (χ1v) is 21.7. The van der Waals surface area contributed by atoms with Gasteiger partial charge in [-0.15, -0.1) is 9.06 Å². The maximum Gasteiger partial charge on any atom is 0.333 e. The average Bonchev–Trinajstić information content (AvgIpc) is 3.95. The second kappa shape index (κ2) is 18.1. The molecule has 2 amide bonds. The number of nitrogens with one attached hydrogen (secondary N) is 2. The van der Waals surface area contributed by atoms with Gasteiger partial charge in [0.1, 0.15) is 13.1 Å². The third-order valence-electron chi connectivity index (χ3n) is 12.8. The van der Waals surface area contributed by atoms with Gasteiger partial charge in [0.25, 0.3) is 0 Å². The van der Waals surface area contributed by atoms with Gasteiger partial charge in [0.2, 0.25) is 29.3 Å². The highest BCUT2D eigenvalue weighted by atomic mass is 32.2. The number of likely N-dealkylation sites (tertiary alicyclic amines) is 1. The zero-order chi connectivity index (χ0) is 44.5. The zero-order valence-corrected chi connectivity index (χ0v) is 36.6. The lowest BCUT2D eigenvalue weighted by molar-refractivity contribution is -0.432. The van der Waals surface area contributed by atoms with Crippen LogP contribution in [-0.4, -0.2) is 110 Å². The molecule has 2 fully saturated rings. The molecule has 1 aromatic heterocycles. The average molecular weight is 872 g/mol. The third-order valence-corrected chi connectivity index (χ3v) is 13.4. The summed E-state index contributed by atoms with van der Waals surface area (Å²) in [5, 5.41) is 37.6. The third kappa shape index (κ3) is 8.39. The van der Waals surface area contributed by atoms with Crippen LogP contribution < -0.4 is 20.4 Å². The first-order chi connectivity index (χ1) is 29.6. The highest BCUT2D eigenvalue weighted by molar-refractivity contribution is 7.94. The summed E-state index contributed by atoms with van der Waals surface area (Å²) in [6.45, 7) is 9.36. The number of aromatic hydroxyl groups is 2. The highest BCUT2D eigenvalue weighted by Gasteiger charge is 2.54. The standard InChI is InChI=1S/C45H54N6O10S/c1-44(2)29-14-7-9-16-32(29)48(5)35(44)24-27-40(28(41(27)55)25-36-45(3,4)30-15-8-10-17-33(30)49(36)6)50-23-13-18-34(50)43(57)47-31(26-62-61-60-58)42(56)46-22-12-11-19-39(54)59-51-37(52)20-21-38(51)53/h7-10,14-17,20-21,24-25,27,31,34,40H,11-13,18-19,22-23,26H2,1-6H3,(H4,46,47,55,56,57,58)/p+1/t27?,31-,34+,40?/m0/s1. The van der Waals surface area contributed by atoms with Gasteiger partial charge in [0.05, 0.1) is 29.2 Å². The van der Waals surface area contributed by atoms with Gasteiger partial charge in [-0.05, 0) is 57.7 Å². The Labute approximate surface area is 364 Å². The Balaban J connectivity index is 1.10. The van der Waals surface area contributed by atoms with Crippen molar-refractivity contribution in [2.75, 3.05) is 37.8 Å². The van der Waals surface area contributed by atoms with Gasteiger partial charge >= 0.3 is 5.97 Å². The number of carbonyl (C=O) groups is 4. The van der Waals surface area contributed by atoms with Crippen LogP contribution in [0.4, 0.5) is 11.4 Å². The fourth-order valence-electron chi connectivity index (χ4n) is 9.51. The van der Waals surface area contributed by atoms with E-state index in [-0.39, 0.29) is 41.2 Å². The summed E-state index contributed by atoms with van der Waals surface area (Å²) in [7, 11) is 4.04. The maximum atomic E-state index is 14.6. The van der Waals surface area contributed by atoms with Crippen molar-refractivity contribution in [2.24, 2.45) is 5.92 Å². The SMILES string of the molecule is CN1C(=CC2C(=O)C(=CC3=[N+](C)c4ccccc4C3(C)C)C2N2CCC[C@@H]2C(=O)N[C@@H](CSOOO)C(=O)NCCCCC(=O)On2c(O)ccc2O)C(C)(C)c2ccccc21. The summed E-state index contributed by atoms with van der Waals surface area (Å²) in [6.07, 6.45) is 5.96. The number of para-hydroxylation sites is 2. The fraction of sp³-hybridized carbons (Fsp3) is 0.444. The molecule has 0 spiro atoms. The Morgan fingerprint density at radius 3 is 2.37 bits per heavy atom. The Kier molecular flexibility index (Phi) is 13.0. The Hall–Kier alpha value is -5.46. The quantitative estimate of drug-likeness (QED) is 0.0333. The minimum atomic E-state index is -1.10. The summed E-state index contributed by atoms with van der Waals surface area (Å²) in [5.74, 6) is -3.10. The number of fused-ring (bicyclic) bond motifs is 2. The van der Waals surface area contributed by atoms with E-state index in [4.69, 9.17) is 10.1 Å². The second-order valence-corrected chi connectivity index (χ2v) is 17.9. The number of likely N-dealkylation sites (N-methyl/N-ethyl adjacent to an activating group) is 1. The zero-order valence-electron chi connectivity index (χ0n) is 35.8. The number of anilines is 1. The van der Waals surface area contributed by atoms with E-state index in [0.717, 1.165) is 28.3 Å². The number of carbonyl (C=O) groups excluding carboxylic acids is 4. The molecular formula is C45H55N6O10S+. The summed E-state index contributed by atoms with van der Waals surface area (Å²) in [5.41, 5.74) is 6.36. The Morgan fingerprint density at radius 2 is 1.68 bits per heavy atom. The number of nitrogens with zero attached hydrogens (tertiary/aromatic N) is 4. The van der Waals surface area contributed by atoms with Gasteiger partial charge < -0.3 is 30.6 Å². The highest BCUT2D eigenvalue weighted by Crippen LogP contribution is 2.50. The van der Waals surface area contributed by atoms with Crippen LogP contribution in [0.3, 0.4) is 0 Å². The molecule has 16 nitrogen and oxygen atoms in total. The molecule has 4 atom stereocenters. The molecule has 7 rings (SSSR count). The molecule has 4 heterocycles. The van der Waals surface area contributed by atoms with Crippen molar-refractivity contribution in [1.82, 2.24) is 20.3 Å². The van der Waals surface area contributed by atoms with Gasteiger partial charge in [-0.3, -0.25) is 19.3 Å². The molecule has 2 unspecified atom stereocenters. The molecule has 0 radical (unpaired) electrons. The van der Waals surface area contributed by atoms with Crippen LogP contribution in [0, 0.1) is 5.92 Å². The van der Waals surface area contributed by atoms with Crippen molar-refractivity contribution in [3.05, 3.63) is 95.2 Å². The molecule has 62 heavy (non-hydrogen) atoms. The summed E-state index contributed by atoms with van der Waals surface area (Å²) >= 11 is 0.635. The van der Waals surface area contributed by atoms with E-state index >= 15 is 0 Å². The van der Waals surface area contributed by atoms with Crippen molar-refractivity contribution >= 4 is 52.7 Å². The monoisotopic (exact) mass is 871 g/mol. The minimum Gasteiger partial charge on any atom is -0.492 e. The summed E-state index contributed by atoms with van der Waals surface area (Å²) in [4.78, 5) is 64.0. The fourth-order valence-corrected chi connectivity index (χ4v) is 9.98. The molecule has 17 heteroatoms. The molecule has 2 aromatic carbocycles.